The van der Waals surface area contributed by atoms with E-state index in [4.69, 9.17) is 0 Å². The van der Waals surface area contributed by atoms with Crippen LogP contribution in [0.3, 0.4) is 0 Å². The molecule has 0 unspecified atom stereocenters. The topological polar surface area (TPSA) is 44.3 Å². The largest absolute Gasteiger partial charge is 0.343 e. The van der Waals surface area contributed by atoms with Gasteiger partial charge < -0.3 is 15.1 Å². The van der Waals surface area contributed by atoms with Gasteiger partial charge >= 0.3 is 0 Å². The van der Waals surface area contributed by atoms with Crippen LogP contribution in [0.2, 0.25) is 0 Å². The molecule has 0 saturated carbocycles. The van der Waals surface area contributed by atoms with Crippen molar-refractivity contribution in [2.24, 2.45) is 0 Å². The summed E-state index contributed by atoms with van der Waals surface area (Å²) < 4.78 is 0. The van der Waals surface area contributed by atoms with E-state index in [1.54, 1.807) is 0 Å². The average Bonchev–Trinajstić information content (AvgIpc) is 2.96. The maximum Gasteiger partial charge on any atom is 0.225 e. The van der Waals surface area contributed by atoms with Gasteiger partial charge in [-0.1, -0.05) is 6.92 Å². The molecule has 112 valence electrons. The van der Waals surface area contributed by atoms with Gasteiger partial charge in [-0.15, -0.1) is 0 Å². The molecule has 2 heterocycles. The quantitative estimate of drug-likeness (QED) is 0.817. The SMILES string of the molecule is CCNCc1cnc(N(C)CCN2CCCC2)nc1C. The van der Waals surface area contributed by atoms with Crippen LogP contribution in [0.5, 0.6) is 0 Å². The van der Waals surface area contributed by atoms with Gasteiger partial charge in [-0.25, -0.2) is 9.97 Å². The van der Waals surface area contributed by atoms with Crippen molar-refractivity contribution in [3.05, 3.63) is 17.5 Å². The molecule has 1 saturated heterocycles. The van der Waals surface area contributed by atoms with Gasteiger partial charge in [0, 0.05) is 44.1 Å². The number of anilines is 1. The van der Waals surface area contributed by atoms with E-state index in [1.807, 2.05) is 6.20 Å². The molecule has 0 amide bonds. The molecule has 0 radical (unpaired) electrons. The Morgan fingerprint density at radius 3 is 2.75 bits per heavy atom. The highest BCUT2D eigenvalue weighted by atomic mass is 15.3. The molecule has 1 aromatic rings. The number of aromatic nitrogens is 2. The molecule has 5 heteroatoms. The van der Waals surface area contributed by atoms with Crippen LogP contribution in [0.1, 0.15) is 31.0 Å². The van der Waals surface area contributed by atoms with Crippen molar-refractivity contribution in [1.29, 1.82) is 0 Å². The lowest BCUT2D eigenvalue weighted by Crippen LogP contribution is -2.32. The number of likely N-dealkylation sites (tertiary alicyclic amines) is 1. The van der Waals surface area contributed by atoms with Crippen molar-refractivity contribution in [2.45, 2.75) is 33.2 Å². The smallest absolute Gasteiger partial charge is 0.225 e. The molecular formula is C15H27N5. The second-order valence-electron chi connectivity index (χ2n) is 5.53. The zero-order valence-electron chi connectivity index (χ0n) is 13.0. The van der Waals surface area contributed by atoms with Gasteiger partial charge in [0.25, 0.3) is 0 Å². The Morgan fingerprint density at radius 1 is 1.35 bits per heavy atom. The Labute approximate surface area is 122 Å². The minimum atomic E-state index is 0.835. The molecule has 0 atom stereocenters. The third-order valence-electron chi connectivity index (χ3n) is 3.93. The summed E-state index contributed by atoms with van der Waals surface area (Å²) in [5.74, 6) is 0.835. The Balaban J connectivity index is 1.88. The number of likely N-dealkylation sites (N-methyl/N-ethyl adjacent to an activating group) is 1. The fourth-order valence-electron chi connectivity index (χ4n) is 2.49. The number of nitrogens with one attached hydrogen (secondary N) is 1. The van der Waals surface area contributed by atoms with Crippen molar-refractivity contribution in [1.82, 2.24) is 20.2 Å². The van der Waals surface area contributed by atoms with Crippen LogP contribution in [-0.4, -0.2) is 54.6 Å². The summed E-state index contributed by atoms with van der Waals surface area (Å²) in [4.78, 5) is 13.8. The van der Waals surface area contributed by atoms with E-state index < -0.39 is 0 Å². The molecule has 1 N–H and O–H groups in total. The Kier molecular flexibility index (Phi) is 5.73. The van der Waals surface area contributed by atoms with E-state index in [0.29, 0.717) is 0 Å². The number of aryl methyl sites for hydroxylation is 1. The highest BCUT2D eigenvalue weighted by Crippen LogP contribution is 2.11. The lowest BCUT2D eigenvalue weighted by Gasteiger charge is -2.22. The van der Waals surface area contributed by atoms with Crippen LogP contribution in [0.4, 0.5) is 5.95 Å². The first-order valence-electron chi connectivity index (χ1n) is 7.67. The molecule has 0 bridgehead atoms. The second kappa shape index (κ2) is 7.55. The Hall–Kier alpha value is -1.20. The van der Waals surface area contributed by atoms with Crippen molar-refractivity contribution in [3.63, 3.8) is 0 Å². The maximum absolute atomic E-state index is 4.63. The van der Waals surface area contributed by atoms with E-state index in [1.165, 1.54) is 31.5 Å². The lowest BCUT2D eigenvalue weighted by molar-refractivity contribution is 0.346. The second-order valence-corrected chi connectivity index (χ2v) is 5.53. The zero-order valence-corrected chi connectivity index (χ0v) is 13.0. The third kappa shape index (κ3) is 4.15. The van der Waals surface area contributed by atoms with E-state index in [2.05, 4.69) is 46.0 Å². The fourth-order valence-corrected chi connectivity index (χ4v) is 2.49. The van der Waals surface area contributed by atoms with Crippen molar-refractivity contribution in [3.8, 4) is 0 Å². The van der Waals surface area contributed by atoms with Gasteiger partial charge in [-0.2, -0.15) is 0 Å². The van der Waals surface area contributed by atoms with Crippen LogP contribution < -0.4 is 10.2 Å². The van der Waals surface area contributed by atoms with Gasteiger partial charge in [0.2, 0.25) is 5.95 Å². The van der Waals surface area contributed by atoms with Crippen LogP contribution in [0.15, 0.2) is 6.20 Å². The first kappa shape index (κ1) is 15.2. The minimum Gasteiger partial charge on any atom is -0.343 e. The fraction of sp³-hybridized carbons (Fsp3) is 0.733. The summed E-state index contributed by atoms with van der Waals surface area (Å²) in [5, 5.41) is 3.32. The number of nitrogens with zero attached hydrogens (tertiary/aromatic N) is 4. The molecule has 0 spiro atoms. The molecule has 1 aliphatic rings. The number of hydrogen-bond donors (Lipinski definition) is 1. The highest BCUT2D eigenvalue weighted by molar-refractivity contribution is 5.31. The maximum atomic E-state index is 4.63. The first-order valence-corrected chi connectivity index (χ1v) is 7.67. The van der Waals surface area contributed by atoms with E-state index in [-0.39, 0.29) is 0 Å². The van der Waals surface area contributed by atoms with Gasteiger partial charge in [-0.05, 0) is 39.4 Å². The molecule has 5 nitrogen and oxygen atoms in total. The summed E-state index contributed by atoms with van der Waals surface area (Å²) >= 11 is 0. The molecule has 20 heavy (non-hydrogen) atoms. The van der Waals surface area contributed by atoms with E-state index in [9.17, 15) is 0 Å². The molecule has 1 aliphatic heterocycles. The van der Waals surface area contributed by atoms with Gasteiger partial charge in [0.05, 0.1) is 0 Å². The molecule has 0 aliphatic carbocycles. The standard InChI is InChI=1S/C15H27N5/c1-4-16-11-14-12-17-15(18-13(14)2)19(3)9-10-20-7-5-6-8-20/h12,16H,4-11H2,1-3H3. The summed E-state index contributed by atoms with van der Waals surface area (Å²) in [5.41, 5.74) is 2.26. The Morgan fingerprint density at radius 2 is 2.10 bits per heavy atom. The average molecular weight is 277 g/mol. The zero-order chi connectivity index (χ0) is 14.4. The monoisotopic (exact) mass is 277 g/mol. The molecule has 1 fully saturated rings. The third-order valence-corrected chi connectivity index (χ3v) is 3.93. The Bertz CT molecular complexity index is 415. The van der Waals surface area contributed by atoms with Gasteiger partial charge in [0.15, 0.2) is 0 Å². The van der Waals surface area contributed by atoms with Crippen molar-refractivity contribution >= 4 is 5.95 Å². The predicted octanol–water partition coefficient (Wildman–Crippen LogP) is 1.43. The van der Waals surface area contributed by atoms with Crippen molar-refractivity contribution in [2.75, 3.05) is 44.7 Å². The predicted molar refractivity (Wildman–Crippen MR) is 83.1 cm³/mol. The number of rotatable bonds is 7. The summed E-state index contributed by atoms with van der Waals surface area (Å²) in [6, 6.07) is 0. The molecule has 2 rings (SSSR count). The highest BCUT2D eigenvalue weighted by Gasteiger charge is 2.13. The van der Waals surface area contributed by atoms with Crippen molar-refractivity contribution < 1.29 is 0 Å². The minimum absolute atomic E-state index is 0.835. The van der Waals surface area contributed by atoms with Crippen LogP contribution in [0, 0.1) is 6.92 Å². The first-order chi connectivity index (χ1) is 9.70. The van der Waals surface area contributed by atoms with E-state index in [0.717, 1.165) is 37.8 Å². The molecule has 1 aromatic heterocycles. The summed E-state index contributed by atoms with van der Waals surface area (Å²) in [6.07, 6.45) is 4.64. The van der Waals surface area contributed by atoms with E-state index >= 15 is 0 Å². The summed E-state index contributed by atoms with van der Waals surface area (Å²) in [6.45, 7) is 10.6. The lowest BCUT2D eigenvalue weighted by atomic mass is 10.2. The van der Waals surface area contributed by atoms with Crippen LogP contribution in [0.25, 0.3) is 0 Å². The van der Waals surface area contributed by atoms with Crippen LogP contribution >= 0.6 is 0 Å². The van der Waals surface area contributed by atoms with Gasteiger partial charge in [-0.3, -0.25) is 0 Å². The van der Waals surface area contributed by atoms with Crippen LogP contribution in [-0.2, 0) is 6.54 Å². The number of hydrogen-bond acceptors (Lipinski definition) is 5. The molecule has 0 aromatic carbocycles. The normalized spacial score (nSPS) is 15.8. The van der Waals surface area contributed by atoms with Gasteiger partial charge in [0.1, 0.15) is 0 Å². The molecular weight excluding hydrogens is 250 g/mol. The summed E-state index contributed by atoms with van der Waals surface area (Å²) in [7, 11) is 2.08.